The molecule has 2 nitrogen and oxygen atoms in total. The second-order valence-electron chi connectivity index (χ2n) is 5.79. The highest BCUT2D eigenvalue weighted by atomic mass is 35.5. The monoisotopic (exact) mass is 279 g/mol. The molecule has 1 fully saturated rings. The molecule has 1 saturated carbocycles. The Labute approximate surface area is 120 Å². The number of nitrogens with one attached hydrogen (secondary N) is 1. The number of benzene rings is 1. The van der Waals surface area contributed by atoms with Gasteiger partial charge in [0, 0.05) is 23.6 Å². The highest BCUT2D eigenvalue weighted by Crippen LogP contribution is 2.32. The zero-order valence-corrected chi connectivity index (χ0v) is 12.1. The Kier molecular flexibility index (Phi) is 4.29. The molecule has 1 heterocycles. The minimum Gasteiger partial charge on any atom is -0.493 e. The Morgan fingerprint density at radius 2 is 2.05 bits per heavy atom. The molecule has 0 bridgehead atoms. The zero-order chi connectivity index (χ0) is 13.1. The van der Waals surface area contributed by atoms with Crippen LogP contribution in [-0.2, 0) is 13.0 Å². The molecular formula is C16H22ClNO. The van der Waals surface area contributed by atoms with Crippen molar-refractivity contribution in [1.82, 2.24) is 5.32 Å². The van der Waals surface area contributed by atoms with E-state index in [1.807, 2.05) is 12.1 Å². The third-order valence-electron chi connectivity index (χ3n) is 4.30. The number of fused-ring (bicyclic) bond motifs is 1. The minimum absolute atomic E-state index is 0.797. The summed E-state index contributed by atoms with van der Waals surface area (Å²) in [6.45, 7) is 2.80. The lowest BCUT2D eigenvalue weighted by Crippen LogP contribution is -2.24. The van der Waals surface area contributed by atoms with E-state index in [9.17, 15) is 0 Å². The fourth-order valence-corrected chi connectivity index (χ4v) is 3.54. The van der Waals surface area contributed by atoms with Crippen LogP contribution >= 0.6 is 11.6 Å². The van der Waals surface area contributed by atoms with Crippen molar-refractivity contribution in [2.75, 3.05) is 13.2 Å². The van der Waals surface area contributed by atoms with Gasteiger partial charge in [-0.15, -0.1) is 0 Å². The molecule has 0 saturated heterocycles. The maximum atomic E-state index is 6.17. The molecule has 1 aliphatic carbocycles. The summed E-state index contributed by atoms with van der Waals surface area (Å²) in [6.07, 6.45) is 8.00. The van der Waals surface area contributed by atoms with E-state index in [1.54, 1.807) is 0 Å². The number of rotatable bonds is 4. The summed E-state index contributed by atoms with van der Waals surface area (Å²) in [5, 5.41) is 4.42. The lowest BCUT2D eigenvalue weighted by molar-refractivity contribution is 0.336. The summed E-state index contributed by atoms with van der Waals surface area (Å²) in [7, 11) is 0. The standard InChI is InChI=1S/C16H22ClNO/c17-15-8-13-6-7-19-16(13)14(9-15)11-18-10-12-4-2-1-3-5-12/h8-9,12,18H,1-7,10-11H2. The van der Waals surface area contributed by atoms with Gasteiger partial charge in [-0.25, -0.2) is 0 Å². The van der Waals surface area contributed by atoms with Crippen LogP contribution in [-0.4, -0.2) is 13.2 Å². The van der Waals surface area contributed by atoms with Crippen molar-refractivity contribution in [2.45, 2.75) is 45.1 Å². The van der Waals surface area contributed by atoms with Gasteiger partial charge in [-0.05, 0) is 43.0 Å². The molecule has 1 aromatic carbocycles. The van der Waals surface area contributed by atoms with Crippen LogP contribution in [0.1, 0.15) is 43.2 Å². The largest absolute Gasteiger partial charge is 0.493 e. The van der Waals surface area contributed by atoms with E-state index >= 15 is 0 Å². The van der Waals surface area contributed by atoms with Crippen LogP contribution in [0.25, 0.3) is 0 Å². The Morgan fingerprint density at radius 3 is 2.89 bits per heavy atom. The average molecular weight is 280 g/mol. The molecule has 1 aliphatic heterocycles. The fraction of sp³-hybridized carbons (Fsp3) is 0.625. The van der Waals surface area contributed by atoms with Gasteiger partial charge in [0.2, 0.25) is 0 Å². The van der Waals surface area contributed by atoms with Gasteiger partial charge in [0.15, 0.2) is 0 Å². The zero-order valence-electron chi connectivity index (χ0n) is 11.4. The fourth-order valence-electron chi connectivity index (χ4n) is 3.28. The molecule has 1 aromatic rings. The molecule has 19 heavy (non-hydrogen) atoms. The molecule has 0 atom stereocenters. The van der Waals surface area contributed by atoms with Crippen LogP contribution < -0.4 is 10.1 Å². The summed E-state index contributed by atoms with van der Waals surface area (Å²) >= 11 is 6.17. The molecule has 0 aromatic heterocycles. The SMILES string of the molecule is Clc1cc2c(c(CNCC3CCCCC3)c1)OCC2. The lowest BCUT2D eigenvalue weighted by Gasteiger charge is -2.22. The summed E-state index contributed by atoms with van der Waals surface area (Å²) < 4.78 is 5.73. The van der Waals surface area contributed by atoms with Crippen molar-refractivity contribution in [2.24, 2.45) is 5.92 Å². The molecule has 0 radical (unpaired) electrons. The maximum absolute atomic E-state index is 6.17. The van der Waals surface area contributed by atoms with Crippen LogP contribution in [0.15, 0.2) is 12.1 Å². The Morgan fingerprint density at radius 1 is 1.21 bits per heavy atom. The van der Waals surface area contributed by atoms with Crippen molar-refractivity contribution in [1.29, 1.82) is 0 Å². The Balaban J connectivity index is 1.57. The molecule has 0 unspecified atom stereocenters. The predicted molar refractivity (Wildman–Crippen MR) is 78.9 cm³/mol. The summed E-state index contributed by atoms with van der Waals surface area (Å²) in [5.74, 6) is 1.93. The maximum Gasteiger partial charge on any atom is 0.127 e. The summed E-state index contributed by atoms with van der Waals surface area (Å²) in [4.78, 5) is 0. The quantitative estimate of drug-likeness (QED) is 0.901. The topological polar surface area (TPSA) is 21.3 Å². The van der Waals surface area contributed by atoms with Gasteiger partial charge in [0.1, 0.15) is 5.75 Å². The first-order chi connectivity index (χ1) is 9.33. The van der Waals surface area contributed by atoms with Crippen LogP contribution in [0.2, 0.25) is 5.02 Å². The number of ether oxygens (including phenoxy) is 1. The Hall–Kier alpha value is -0.730. The number of halogens is 1. The molecular weight excluding hydrogens is 258 g/mol. The highest BCUT2D eigenvalue weighted by molar-refractivity contribution is 6.30. The number of hydrogen-bond acceptors (Lipinski definition) is 2. The van der Waals surface area contributed by atoms with Gasteiger partial charge in [-0.3, -0.25) is 0 Å². The van der Waals surface area contributed by atoms with Gasteiger partial charge >= 0.3 is 0 Å². The molecule has 3 heteroatoms. The molecule has 104 valence electrons. The van der Waals surface area contributed by atoms with Crippen LogP contribution in [0.4, 0.5) is 0 Å². The van der Waals surface area contributed by atoms with Crippen LogP contribution in [0.3, 0.4) is 0 Å². The second-order valence-corrected chi connectivity index (χ2v) is 6.22. The van der Waals surface area contributed by atoms with Crippen molar-refractivity contribution in [3.8, 4) is 5.75 Å². The van der Waals surface area contributed by atoms with E-state index < -0.39 is 0 Å². The first-order valence-electron chi connectivity index (χ1n) is 7.48. The second kappa shape index (κ2) is 6.15. The first kappa shape index (κ1) is 13.3. The van der Waals surface area contributed by atoms with Gasteiger partial charge in [0.05, 0.1) is 6.61 Å². The van der Waals surface area contributed by atoms with E-state index in [1.165, 1.54) is 43.2 Å². The lowest BCUT2D eigenvalue weighted by atomic mass is 9.89. The van der Waals surface area contributed by atoms with Gasteiger partial charge in [-0.1, -0.05) is 30.9 Å². The molecule has 0 spiro atoms. The van der Waals surface area contributed by atoms with Crippen molar-refractivity contribution in [3.63, 3.8) is 0 Å². The third-order valence-corrected chi connectivity index (χ3v) is 4.52. The molecule has 1 N–H and O–H groups in total. The van der Waals surface area contributed by atoms with Crippen molar-refractivity contribution in [3.05, 3.63) is 28.3 Å². The normalized spacial score (nSPS) is 19.2. The van der Waals surface area contributed by atoms with E-state index in [2.05, 4.69) is 5.32 Å². The smallest absolute Gasteiger partial charge is 0.127 e. The van der Waals surface area contributed by atoms with E-state index in [0.29, 0.717) is 0 Å². The third kappa shape index (κ3) is 3.24. The average Bonchev–Trinajstić information content (AvgIpc) is 2.88. The first-order valence-corrected chi connectivity index (χ1v) is 7.85. The van der Waals surface area contributed by atoms with Crippen LogP contribution in [0, 0.1) is 5.92 Å². The predicted octanol–water partition coefficient (Wildman–Crippen LogP) is 3.94. The minimum atomic E-state index is 0.797. The van der Waals surface area contributed by atoms with E-state index in [4.69, 9.17) is 16.3 Å². The van der Waals surface area contributed by atoms with Crippen LogP contribution in [0.5, 0.6) is 5.75 Å². The van der Waals surface area contributed by atoms with Crippen molar-refractivity contribution >= 4 is 11.6 Å². The molecule has 3 rings (SSSR count). The van der Waals surface area contributed by atoms with Gasteiger partial charge in [-0.2, -0.15) is 0 Å². The van der Waals surface area contributed by atoms with Crippen molar-refractivity contribution < 1.29 is 4.74 Å². The molecule has 2 aliphatic rings. The summed E-state index contributed by atoms with van der Waals surface area (Å²) in [6, 6.07) is 4.08. The Bertz CT molecular complexity index is 441. The van der Waals surface area contributed by atoms with E-state index in [0.717, 1.165) is 42.8 Å². The van der Waals surface area contributed by atoms with Gasteiger partial charge < -0.3 is 10.1 Å². The number of hydrogen-bond donors (Lipinski definition) is 1. The highest BCUT2D eigenvalue weighted by Gasteiger charge is 2.18. The van der Waals surface area contributed by atoms with E-state index in [-0.39, 0.29) is 0 Å². The molecule has 0 amide bonds. The van der Waals surface area contributed by atoms with Gasteiger partial charge in [0.25, 0.3) is 0 Å². The summed E-state index contributed by atoms with van der Waals surface area (Å²) in [5.41, 5.74) is 2.48.